The number of carbonyl (C=O) groups excluding carboxylic acids is 1. The molecule has 0 atom stereocenters. The van der Waals surface area contributed by atoms with E-state index < -0.39 is 4.32 Å². The number of hydrogen-bond donors (Lipinski definition) is 0. The van der Waals surface area contributed by atoms with Gasteiger partial charge in [0.05, 0.1) is 0 Å². The fourth-order valence-corrected chi connectivity index (χ4v) is 5.28. The lowest BCUT2D eigenvalue weighted by molar-refractivity contribution is -0.135. The smallest absolute Gasteiger partial charge is 0.327 e. The molecular formula is C18H20BrO2S+. The summed E-state index contributed by atoms with van der Waals surface area (Å²) in [6.45, 7) is 3.59. The molecule has 22 heavy (non-hydrogen) atoms. The molecule has 2 nitrogen and oxygen atoms in total. The lowest BCUT2D eigenvalue weighted by Crippen LogP contribution is -2.29. The van der Waals surface area contributed by atoms with Crippen LogP contribution in [0.15, 0.2) is 41.3 Å². The number of carbonyl (C=O) groups is 1. The SMILES string of the molecule is CC(C)(Br)C(=O)Oc1cccc2c([S+]3CCCC3)cccc12. The summed E-state index contributed by atoms with van der Waals surface area (Å²) >= 11 is 3.36. The van der Waals surface area contributed by atoms with E-state index in [9.17, 15) is 4.79 Å². The van der Waals surface area contributed by atoms with Gasteiger partial charge in [0, 0.05) is 21.7 Å². The minimum atomic E-state index is -0.681. The van der Waals surface area contributed by atoms with Gasteiger partial charge in [-0.25, -0.2) is 0 Å². The lowest BCUT2D eigenvalue weighted by Gasteiger charge is -2.16. The molecule has 0 amide bonds. The number of esters is 1. The molecule has 0 spiro atoms. The van der Waals surface area contributed by atoms with Gasteiger partial charge in [0.2, 0.25) is 0 Å². The molecule has 1 heterocycles. The molecule has 2 aromatic carbocycles. The zero-order chi connectivity index (χ0) is 15.7. The van der Waals surface area contributed by atoms with E-state index in [1.807, 2.05) is 18.2 Å². The summed E-state index contributed by atoms with van der Waals surface area (Å²) in [5, 5.41) is 2.26. The second-order valence-corrected chi connectivity index (χ2v) is 10.3. The Bertz CT molecular complexity index is 700. The van der Waals surface area contributed by atoms with Gasteiger partial charge in [-0.3, -0.25) is 4.79 Å². The van der Waals surface area contributed by atoms with Crippen molar-refractivity contribution in [1.82, 2.24) is 0 Å². The summed E-state index contributed by atoms with van der Waals surface area (Å²) < 4.78 is 4.95. The van der Waals surface area contributed by atoms with E-state index in [0.29, 0.717) is 16.6 Å². The van der Waals surface area contributed by atoms with Gasteiger partial charge in [-0.1, -0.05) is 34.1 Å². The quantitative estimate of drug-likeness (QED) is 0.334. The van der Waals surface area contributed by atoms with Crippen molar-refractivity contribution >= 4 is 43.6 Å². The van der Waals surface area contributed by atoms with Crippen LogP contribution in [0.5, 0.6) is 5.75 Å². The van der Waals surface area contributed by atoms with Crippen molar-refractivity contribution in [2.45, 2.75) is 35.9 Å². The minimum Gasteiger partial charge on any atom is -0.425 e. The molecule has 2 aromatic rings. The van der Waals surface area contributed by atoms with Crippen LogP contribution in [0, 0.1) is 0 Å². The summed E-state index contributed by atoms with van der Waals surface area (Å²) in [6.07, 6.45) is 2.65. The maximum Gasteiger partial charge on any atom is 0.327 e. The minimum absolute atomic E-state index is 0.270. The lowest BCUT2D eigenvalue weighted by atomic mass is 10.1. The molecule has 0 bridgehead atoms. The number of halogens is 1. The first kappa shape index (κ1) is 15.9. The molecule has 116 valence electrons. The van der Waals surface area contributed by atoms with Crippen LogP contribution in [-0.4, -0.2) is 21.8 Å². The van der Waals surface area contributed by atoms with Gasteiger partial charge in [0.25, 0.3) is 0 Å². The molecule has 0 N–H and O–H groups in total. The van der Waals surface area contributed by atoms with Gasteiger partial charge in [0.15, 0.2) is 4.90 Å². The van der Waals surface area contributed by atoms with E-state index in [-0.39, 0.29) is 5.97 Å². The predicted molar refractivity (Wildman–Crippen MR) is 97.2 cm³/mol. The number of fused-ring (bicyclic) bond motifs is 1. The second-order valence-electron chi connectivity index (χ2n) is 6.08. The number of benzene rings is 2. The average Bonchev–Trinajstić information content (AvgIpc) is 3.00. The molecule has 0 aromatic heterocycles. The van der Waals surface area contributed by atoms with Crippen molar-refractivity contribution in [1.29, 1.82) is 0 Å². The van der Waals surface area contributed by atoms with Gasteiger partial charge >= 0.3 is 5.97 Å². The molecule has 4 heteroatoms. The Kier molecular flexibility index (Phi) is 4.51. The van der Waals surface area contributed by atoms with Crippen molar-refractivity contribution < 1.29 is 9.53 Å². The van der Waals surface area contributed by atoms with Gasteiger partial charge in [0.1, 0.15) is 21.6 Å². The summed E-state index contributed by atoms with van der Waals surface area (Å²) in [5.74, 6) is 2.96. The van der Waals surface area contributed by atoms with E-state index in [4.69, 9.17) is 4.74 Å². The van der Waals surface area contributed by atoms with Crippen LogP contribution in [-0.2, 0) is 15.7 Å². The Labute approximate surface area is 142 Å². The summed E-state index contributed by atoms with van der Waals surface area (Å²) in [5.41, 5.74) is 0. The number of rotatable bonds is 3. The van der Waals surface area contributed by atoms with Gasteiger partial charge in [-0.15, -0.1) is 0 Å². The average molecular weight is 380 g/mol. The van der Waals surface area contributed by atoms with Gasteiger partial charge in [-0.2, -0.15) is 0 Å². The maximum absolute atomic E-state index is 12.2. The van der Waals surface area contributed by atoms with Gasteiger partial charge in [-0.05, 0) is 44.9 Å². The van der Waals surface area contributed by atoms with E-state index in [2.05, 4.69) is 34.1 Å². The van der Waals surface area contributed by atoms with Gasteiger partial charge < -0.3 is 4.74 Å². The standard InChI is InChI=1S/C18H20BrO2S/c1-18(2,19)17(20)21-15-9-5-8-14-13(15)7-6-10-16(14)22-11-3-4-12-22/h5-10H,3-4,11-12H2,1-2H3/q+1. The van der Waals surface area contributed by atoms with Crippen LogP contribution in [0.25, 0.3) is 10.8 Å². The largest absolute Gasteiger partial charge is 0.425 e. The summed E-state index contributed by atoms with van der Waals surface area (Å²) in [7, 11) is 0.347. The zero-order valence-electron chi connectivity index (χ0n) is 12.9. The van der Waals surface area contributed by atoms with E-state index in [0.717, 1.165) is 5.39 Å². The fraction of sp³-hybridized carbons (Fsp3) is 0.389. The fourth-order valence-electron chi connectivity index (χ4n) is 2.69. The Morgan fingerprint density at radius 1 is 1.09 bits per heavy atom. The van der Waals surface area contributed by atoms with Crippen molar-refractivity contribution in [3.8, 4) is 5.75 Å². The monoisotopic (exact) mass is 379 g/mol. The van der Waals surface area contributed by atoms with E-state index >= 15 is 0 Å². The molecule has 1 aliphatic rings. The van der Waals surface area contributed by atoms with E-state index in [1.165, 1.54) is 34.6 Å². The molecule has 3 rings (SSSR count). The Morgan fingerprint density at radius 3 is 2.41 bits per heavy atom. The van der Waals surface area contributed by atoms with E-state index in [1.54, 1.807) is 13.8 Å². The highest BCUT2D eigenvalue weighted by Crippen LogP contribution is 2.34. The third-order valence-electron chi connectivity index (χ3n) is 3.87. The molecular weight excluding hydrogens is 360 g/mol. The van der Waals surface area contributed by atoms with Crippen molar-refractivity contribution in [3.63, 3.8) is 0 Å². The topological polar surface area (TPSA) is 26.3 Å². The summed E-state index contributed by atoms with van der Waals surface area (Å²) in [6, 6.07) is 12.4. The maximum atomic E-state index is 12.2. The third kappa shape index (κ3) is 3.18. The van der Waals surface area contributed by atoms with Crippen LogP contribution in [0.2, 0.25) is 0 Å². The molecule has 1 saturated heterocycles. The predicted octanol–water partition coefficient (Wildman–Crippen LogP) is 4.69. The van der Waals surface area contributed by atoms with Crippen LogP contribution < -0.4 is 4.74 Å². The van der Waals surface area contributed by atoms with Crippen molar-refractivity contribution in [2.24, 2.45) is 0 Å². The third-order valence-corrected chi connectivity index (χ3v) is 6.74. The molecule has 1 aliphatic heterocycles. The molecule has 1 fully saturated rings. The van der Waals surface area contributed by atoms with Crippen LogP contribution in [0.1, 0.15) is 26.7 Å². The van der Waals surface area contributed by atoms with Crippen LogP contribution in [0.4, 0.5) is 0 Å². The normalized spacial score (nSPS) is 16.1. The Balaban J connectivity index is 2.02. The zero-order valence-corrected chi connectivity index (χ0v) is 15.3. The highest BCUT2D eigenvalue weighted by Gasteiger charge is 2.30. The number of hydrogen-bond acceptors (Lipinski definition) is 2. The first-order valence-corrected chi connectivity index (χ1v) is 9.93. The number of alkyl halides is 1. The second kappa shape index (κ2) is 6.25. The molecule has 0 unspecified atom stereocenters. The Hall–Kier alpha value is -1.00. The molecule has 0 radical (unpaired) electrons. The first-order chi connectivity index (χ1) is 10.5. The first-order valence-electron chi connectivity index (χ1n) is 7.57. The highest BCUT2D eigenvalue weighted by molar-refractivity contribution is 9.10. The van der Waals surface area contributed by atoms with Crippen LogP contribution >= 0.6 is 15.9 Å². The molecule has 0 aliphatic carbocycles. The van der Waals surface area contributed by atoms with Crippen LogP contribution in [0.3, 0.4) is 0 Å². The van der Waals surface area contributed by atoms with Crippen molar-refractivity contribution in [2.75, 3.05) is 11.5 Å². The highest BCUT2D eigenvalue weighted by atomic mass is 79.9. The number of ether oxygens (including phenoxy) is 1. The molecule has 0 saturated carbocycles. The Morgan fingerprint density at radius 2 is 1.73 bits per heavy atom. The van der Waals surface area contributed by atoms with Crippen molar-refractivity contribution in [3.05, 3.63) is 36.4 Å². The summed E-state index contributed by atoms with van der Waals surface area (Å²) in [4.78, 5) is 13.6.